The van der Waals surface area contributed by atoms with Crippen LogP contribution < -0.4 is 5.43 Å². The number of hydrazone groups is 1. The lowest BCUT2D eigenvalue weighted by atomic mass is 10.3. The van der Waals surface area contributed by atoms with Crippen LogP contribution in [-0.2, 0) is 4.79 Å². The summed E-state index contributed by atoms with van der Waals surface area (Å²) in [5.41, 5.74) is 3.44. The van der Waals surface area contributed by atoms with Gasteiger partial charge in [0, 0.05) is 5.92 Å². The first-order valence-electron chi connectivity index (χ1n) is 4.76. The predicted molar refractivity (Wildman–Crippen MR) is 65.1 cm³/mol. The van der Waals surface area contributed by atoms with Crippen molar-refractivity contribution in [1.82, 2.24) is 5.43 Å². The fourth-order valence-corrected chi connectivity index (χ4v) is 2.47. The Hall–Kier alpha value is -0.680. The summed E-state index contributed by atoms with van der Waals surface area (Å²) < 4.78 is 1.07. The van der Waals surface area contributed by atoms with E-state index in [1.165, 1.54) is 0 Å². The van der Waals surface area contributed by atoms with Crippen LogP contribution in [0.1, 0.15) is 24.6 Å². The van der Waals surface area contributed by atoms with E-state index in [4.69, 9.17) is 0 Å². The summed E-state index contributed by atoms with van der Waals surface area (Å²) in [6, 6.07) is 3.96. The number of carbonyl (C=O) groups excluding carboxylic acids is 1. The zero-order chi connectivity index (χ0) is 10.8. The minimum atomic E-state index is 0.0463. The fraction of sp³-hybridized carbons (Fsp3) is 0.400. The number of nitrogens with zero attached hydrogens (tertiary/aromatic N) is 1. The van der Waals surface area contributed by atoms with Crippen molar-refractivity contribution in [3.05, 3.63) is 20.8 Å². The molecule has 1 aromatic heterocycles. The van der Waals surface area contributed by atoms with Gasteiger partial charge in [0.15, 0.2) is 0 Å². The van der Waals surface area contributed by atoms with Crippen LogP contribution >= 0.6 is 27.3 Å². The molecule has 1 N–H and O–H groups in total. The van der Waals surface area contributed by atoms with Crippen molar-refractivity contribution in [1.29, 1.82) is 0 Å². The maximum absolute atomic E-state index is 11.3. The number of carbonyl (C=O) groups is 1. The number of halogens is 1. The van der Waals surface area contributed by atoms with Gasteiger partial charge in [-0.15, -0.1) is 11.3 Å². The molecule has 0 radical (unpaired) electrons. The Morgan fingerprint density at radius 1 is 1.60 bits per heavy atom. The molecular weight excluding hydrogens is 276 g/mol. The second-order valence-corrected chi connectivity index (χ2v) is 6.01. The van der Waals surface area contributed by atoms with Crippen LogP contribution in [0.4, 0.5) is 0 Å². The molecule has 15 heavy (non-hydrogen) atoms. The molecule has 0 unspecified atom stereocenters. The lowest BCUT2D eigenvalue weighted by Gasteiger charge is -1.98. The molecule has 1 amide bonds. The second kappa shape index (κ2) is 4.45. The lowest BCUT2D eigenvalue weighted by molar-refractivity contribution is -0.122. The van der Waals surface area contributed by atoms with Crippen molar-refractivity contribution in [2.45, 2.75) is 19.8 Å². The third kappa shape index (κ3) is 2.89. The summed E-state index contributed by atoms with van der Waals surface area (Å²) in [6.07, 6.45) is 2.01. The van der Waals surface area contributed by atoms with E-state index in [1.54, 1.807) is 11.3 Å². The summed E-state index contributed by atoms with van der Waals surface area (Å²) in [4.78, 5) is 12.4. The number of thiophene rings is 1. The first-order chi connectivity index (χ1) is 7.16. The van der Waals surface area contributed by atoms with Gasteiger partial charge in [-0.25, -0.2) is 5.43 Å². The molecule has 0 aliphatic heterocycles. The van der Waals surface area contributed by atoms with Gasteiger partial charge in [-0.2, -0.15) is 5.10 Å². The van der Waals surface area contributed by atoms with Crippen LogP contribution in [0.2, 0.25) is 0 Å². The molecule has 0 spiro atoms. The quantitative estimate of drug-likeness (QED) is 0.674. The zero-order valence-corrected chi connectivity index (χ0v) is 10.7. The molecule has 3 nitrogen and oxygen atoms in total. The molecule has 1 aliphatic carbocycles. The number of rotatable bonds is 3. The highest BCUT2D eigenvalue weighted by Crippen LogP contribution is 2.28. The molecule has 80 valence electrons. The second-order valence-electron chi connectivity index (χ2n) is 3.55. The zero-order valence-electron chi connectivity index (χ0n) is 8.29. The normalized spacial score (nSPS) is 16.5. The van der Waals surface area contributed by atoms with Crippen molar-refractivity contribution in [3.63, 3.8) is 0 Å². The van der Waals surface area contributed by atoms with Gasteiger partial charge in [-0.05, 0) is 47.8 Å². The van der Waals surface area contributed by atoms with E-state index < -0.39 is 0 Å². The van der Waals surface area contributed by atoms with Crippen molar-refractivity contribution in [2.24, 2.45) is 11.0 Å². The van der Waals surface area contributed by atoms with Crippen LogP contribution in [0.25, 0.3) is 0 Å². The van der Waals surface area contributed by atoms with Gasteiger partial charge in [0.2, 0.25) is 5.91 Å². The van der Waals surface area contributed by atoms with E-state index in [9.17, 15) is 4.79 Å². The summed E-state index contributed by atoms with van der Waals surface area (Å²) in [7, 11) is 0. The molecule has 1 aliphatic rings. The largest absolute Gasteiger partial charge is 0.273 e. The lowest BCUT2D eigenvalue weighted by Crippen LogP contribution is -2.20. The molecule has 0 bridgehead atoms. The summed E-state index contributed by atoms with van der Waals surface area (Å²) in [6.45, 7) is 1.89. The van der Waals surface area contributed by atoms with Crippen LogP contribution in [-0.4, -0.2) is 11.6 Å². The molecule has 1 heterocycles. The Morgan fingerprint density at radius 2 is 2.33 bits per heavy atom. The van der Waals surface area contributed by atoms with Crippen LogP contribution in [0.15, 0.2) is 21.0 Å². The van der Waals surface area contributed by atoms with Crippen molar-refractivity contribution in [3.8, 4) is 0 Å². The Bertz CT molecular complexity index is 409. The van der Waals surface area contributed by atoms with E-state index in [-0.39, 0.29) is 11.8 Å². The van der Waals surface area contributed by atoms with Gasteiger partial charge in [-0.3, -0.25) is 4.79 Å². The van der Waals surface area contributed by atoms with Gasteiger partial charge in [-0.1, -0.05) is 0 Å². The molecule has 0 aromatic carbocycles. The molecule has 1 aromatic rings. The highest BCUT2D eigenvalue weighted by Gasteiger charge is 2.29. The van der Waals surface area contributed by atoms with Gasteiger partial charge in [0.25, 0.3) is 0 Å². The fourth-order valence-electron chi connectivity index (χ4n) is 1.14. The highest BCUT2D eigenvalue weighted by atomic mass is 79.9. The number of nitrogens with one attached hydrogen (secondary N) is 1. The third-order valence-electron chi connectivity index (χ3n) is 2.21. The van der Waals surface area contributed by atoms with Crippen LogP contribution in [0.5, 0.6) is 0 Å². The number of hydrogen-bond donors (Lipinski definition) is 1. The monoisotopic (exact) mass is 286 g/mol. The van der Waals surface area contributed by atoms with E-state index in [2.05, 4.69) is 26.5 Å². The van der Waals surface area contributed by atoms with Crippen LogP contribution in [0, 0.1) is 5.92 Å². The first kappa shape index (κ1) is 10.8. The average molecular weight is 287 g/mol. The molecule has 0 atom stereocenters. The molecular formula is C10H11BrN2OS. The summed E-state index contributed by atoms with van der Waals surface area (Å²) in [5.74, 6) is 0.251. The predicted octanol–water partition coefficient (Wildman–Crippen LogP) is 2.76. The molecule has 1 fully saturated rings. The standard InChI is InChI=1S/C10H11BrN2OS/c1-6(8-4-5-9(11)15-8)12-13-10(14)7-2-3-7/h4-5,7H,2-3H2,1H3,(H,13,14)/b12-6+. The topological polar surface area (TPSA) is 41.5 Å². The minimum absolute atomic E-state index is 0.0463. The third-order valence-corrected chi connectivity index (χ3v) is 3.94. The highest BCUT2D eigenvalue weighted by molar-refractivity contribution is 9.11. The number of amides is 1. The molecule has 1 saturated carbocycles. The molecule has 5 heteroatoms. The molecule has 2 rings (SSSR count). The van der Waals surface area contributed by atoms with Gasteiger partial charge in [0.05, 0.1) is 14.4 Å². The smallest absolute Gasteiger partial charge is 0.243 e. The van der Waals surface area contributed by atoms with Crippen molar-refractivity contribution < 1.29 is 4.79 Å². The Morgan fingerprint density at radius 3 is 2.87 bits per heavy atom. The van der Waals surface area contributed by atoms with Gasteiger partial charge < -0.3 is 0 Å². The van der Waals surface area contributed by atoms with Crippen molar-refractivity contribution >= 4 is 38.9 Å². The summed E-state index contributed by atoms with van der Waals surface area (Å²) >= 11 is 5.00. The Kier molecular flexibility index (Phi) is 3.21. The van der Waals surface area contributed by atoms with E-state index in [0.717, 1.165) is 27.2 Å². The van der Waals surface area contributed by atoms with E-state index in [1.807, 2.05) is 19.1 Å². The van der Waals surface area contributed by atoms with Crippen molar-refractivity contribution in [2.75, 3.05) is 0 Å². The Balaban J connectivity index is 1.97. The average Bonchev–Trinajstić information content (AvgIpc) is 2.97. The van der Waals surface area contributed by atoms with E-state index >= 15 is 0 Å². The SMILES string of the molecule is C/C(=N\NC(=O)C1CC1)c1ccc(Br)s1. The van der Waals surface area contributed by atoms with Gasteiger partial charge in [0.1, 0.15) is 0 Å². The van der Waals surface area contributed by atoms with E-state index in [0.29, 0.717) is 0 Å². The number of hydrogen-bond acceptors (Lipinski definition) is 3. The van der Waals surface area contributed by atoms with Crippen LogP contribution in [0.3, 0.4) is 0 Å². The van der Waals surface area contributed by atoms with Gasteiger partial charge >= 0.3 is 0 Å². The first-order valence-corrected chi connectivity index (χ1v) is 6.37. The maximum Gasteiger partial charge on any atom is 0.243 e. The molecule has 0 saturated heterocycles. The minimum Gasteiger partial charge on any atom is -0.273 e. The summed E-state index contributed by atoms with van der Waals surface area (Å²) in [5, 5.41) is 4.08. The maximum atomic E-state index is 11.3. The Labute approximate surface area is 101 Å².